The van der Waals surface area contributed by atoms with E-state index >= 15 is 0 Å². The smallest absolute Gasteiger partial charge is 0.331 e. The summed E-state index contributed by atoms with van der Waals surface area (Å²) < 4.78 is 6.98. The van der Waals surface area contributed by atoms with Crippen LogP contribution in [0, 0.1) is 0 Å². The van der Waals surface area contributed by atoms with Gasteiger partial charge >= 0.3 is 5.69 Å². The molecule has 26 heavy (non-hydrogen) atoms. The third-order valence-corrected chi connectivity index (χ3v) is 5.35. The molecule has 136 valence electrons. The first kappa shape index (κ1) is 18.5. The van der Waals surface area contributed by atoms with Gasteiger partial charge in [0.1, 0.15) is 6.73 Å². The minimum atomic E-state index is -0.449. The molecule has 0 saturated heterocycles. The molecule has 3 aromatic rings. The van der Waals surface area contributed by atoms with E-state index in [9.17, 15) is 9.59 Å². The molecule has 3 rings (SSSR count). The van der Waals surface area contributed by atoms with Crippen molar-refractivity contribution in [3.05, 3.63) is 68.9 Å². The van der Waals surface area contributed by atoms with Gasteiger partial charge in [0.2, 0.25) is 0 Å². The van der Waals surface area contributed by atoms with Gasteiger partial charge in [0, 0.05) is 11.5 Å². The van der Waals surface area contributed by atoms with Gasteiger partial charge in [-0.3, -0.25) is 14.3 Å². The van der Waals surface area contributed by atoms with Gasteiger partial charge in [0.15, 0.2) is 0 Å². The number of rotatable bonds is 6. The Kier molecular flexibility index (Phi) is 5.64. The maximum atomic E-state index is 12.5. The van der Waals surface area contributed by atoms with Crippen LogP contribution >= 0.6 is 11.8 Å². The third kappa shape index (κ3) is 3.61. The molecule has 0 atom stereocenters. The van der Waals surface area contributed by atoms with E-state index in [4.69, 9.17) is 4.74 Å². The fourth-order valence-electron chi connectivity index (χ4n) is 2.87. The fraction of sp³-hybridized carbons (Fsp3) is 0.300. The maximum absolute atomic E-state index is 12.5. The number of H-pyrrole nitrogens is 1. The highest BCUT2D eigenvalue weighted by atomic mass is 32.2. The summed E-state index contributed by atoms with van der Waals surface area (Å²) in [5.74, 6) is -0.0234. The van der Waals surface area contributed by atoms with Crippen molar-refractivity contribution in [3.63, 3.8) is 0 Å². The molecular weight excluding hydrogens is 348 g/mol. The standard InChI is InChI=1S/C20H22N2O3S/c1-4-25-12-22-19(17(13(2)3)18(23)21-20(22)24)26-16-11-7-9-14-8-5-6-10-15(14)16/h5-11,13H,4,12H2,1-3H3,(H,21,23,24). The lowest BCUT2D eigenvalue weighted by Crippen LogP contribution is -2.35. The lowest BCUT2D eigenvalue weighted by Gasteiger charge is -2.18. The molecule has 0 aliphatic heterocycles. The minimum Gasteiger partial charge on any atom is -0.361 e. The Balaban J connectivity index is 2.21. The van der Waals surface area contributed by atoms with E-state index in [0.29, 0.717) is 17.2 Å². The molecule has 0 unspecified atom stereocenters. The molecule has 0 saturated carbocycles. The monoisotopic (exact) mass is 370 g/mol. The van der Waals surface area contributed by atoms with Gasteiger partial charge in [-0.25, -0.2) is 4.79 Å². The number of nitrogens with one attached hydrogen (secondary N) is 1. The van der Waals surface area contributed by atoms with E-state index in [1.807, 2.05) is 63.2 Å². The summed E-state index contributed by atoms with van der Waals surface area (Å²) in [5.41, 5.74) is -0.182. The Bertz CT molecular complexity index is 1030. The van der Waals surface area contributed by atoms with Crippen LogP contribution in [0.15, 0.2) is 62.0 Å². The Morgan fingerprint density at radius 3 is 2.58 bits per heavy atom. The molecule has 1 heterocycles. The summed E-state index contributed by atoms with van der Waals surface area (Å²) in [6, 6.07) is 14.1. The zero-order chi connectivity index (χ0) is 18.7. The number of aromatic amines is 1. The van der Waals surface area contributed by atoms with Crippen LogP contribution in [0.25, 0.3) is 10.8 Å². The average Bonchev–Trinajstić information content (AvgIpc) is 2.61. The average molecular weight is 370 g/mol. The van der Waals surface area contributed by atoms with Gasteiger partial charge in [-0.05, 0) is 29.7 Å². The van der Waals surface area contributed by atoms with E-state index < -0.39 is 5.69 Å². The molecule has 0 fully saturated rings. The summed E-state index contributed by atoms with van der Waals surface area (Å²) in [7, 11) is 0. The van der Waals surface area contributed by atoms with Gasteiger partial charge in [-0.1, -0.05) is 62.0 Å². The van der Waals surface area contributed by atoms with Gasteiger partial charge < -0.3 is 4.74 Å². The predicted octanol–water partition coefficient (Wildman–Crippen LogP) is 3.96. The second-order valence-corrected chi connectivity index (χ2v) is 7.29. The molecular formula is C20H22N2O3S. The number of aromatic nitrogens is 2. The van der Waals surface area contributed by atoms with Crippen molar-refractivity contribution < 1.29 is 4.74 Å². The number of hydrogen-bond acceptors (Lipinski definition) is 4. The summed E-state index contributed by atoms with van der Waals surface area (Å²) in [5, 5.41) is 2.84. The lowest BCUT2D eigenvalue weighted by atomic mass is 10.1. The van der Waals surface area contributed by atoms with Gasteiger partial charge in [-0.15, -0.1) is 0 Å². The number of ether oxygens (including phenoxy) is 1. The maximum Gasteiger partial charge on any atom is 0.331 e. The van der Waals surface area contributed by atoms with E-state index in [-0.39, 0.29) is 18.2 Å². The van der Waals surface area contributed by atoms with E-state index in [0.717, 1.165) is 15.7 Å². The van der Waals surface area contributed by atoms with Crippen molar-refractivity contribution in [2.75, 3.05) is 6.61 Å². The van der Waals surface area contributed by atoms with Gasteiger partial charge in [0.05, 0.1) is 10.6 Å². The first-order valence-electron chi connectivity index (χ1n) is 8.63. The summed E-state index contributed by atoms with van der Waals surface area (Å²) in [4.78, 5) is 28.3. The first-order chi connectivity index (χ1) is 12.5. The van der Waals surface area contributed by atoms with Crippen LogP contribution in [0.3, 0.4) is 0 Å². The van der Waals surface area contributed by atoms with Crippen LogP contribution in [0.4, 0.5) is 0 Å². The summed E-state index contributed by atoms with van der Waals surface area (Å²) in [6.07, 6.45) is 0. The Morgan fingerprint density at radius 2 is 1.85 bits per heavy atom. The Morgan fingerprint density at radius 1 is 1.12 bits per heavy atom. The highest BCUT2D eigenvalue weighted by molar-refractivity contribution is 7.99. The predicted molar refractivity (Wildman–Crippen MR) is 105 cm³/mol. The number of benzene rings is 2. The van der Waals surface area contributed by atoms with Crippen molar-refractivity contribution in [2.24, 2.45) is 0 Å². The highest BCUT2D eigenvalue weighted by Crippen LogP contribution is 2.35. The Labute approximate surface area is 156 Å². The Hall–Kier alpha value is -2.31. The molecule has 0 aliphatic rings. The number of fused-ring (bicyclic) bond motifs is 1. The molecule has 0 aliphatic carbocycles. The highest BCUT2D eigenvalue weighted by Gasteiger charge is 2.19. The first-order valence-corrected chi connectivity index (χ1v) is 9.45. The van der Waals surface area contributed by atoms with Crippen molar-refractivity contribution in [1.82, 2.24) is 9.55 Å². The third-order valence-electron chi connectivity index (χ3n) is 4.14. The van der Waals surface area contributed by atoms with E-state index in [2.05, 4.69) is 4.98 Å². The largest absolute Gasteiger partial charge is 0.361 e. The zero-order valence-corrected chi connectivity index (χ0v) is 15.9. The fourth-order valence-corrected chi connectivity index (χ4v) is 4.21. The van der Waals surface area contributed by atoms with Crippen molar-refractivity contribution in [3.8, 4) is 0 Å². The normalized spacial score (nSPS) is 11.4. The quantitative estimate of drug-likeness (QED) is 0.667. The van der Waals surface area contributed by atoms with Crippen LogP contribution < -0.4 is 11.2 Å². The SMILES string of the molecule is CCOCn1c(Sc2cccc3ccccc23)c(C(C)C)c(=O)[nH]c1=O. The van der Waals surface area contributed by atoms with Crippen LogP contribution in [-0.2, 0) is 11.5 Å². The topological polar surface area (TPSA) is 64.1 Å². The molecule has 0 radical (unpaired) electrons. The van der Waals surface area contributed by atoms with Crippen LogP contribution in [0.1, 0.15) is 32.3 Å². The molecule has 5 nitrogen and oxygen atoms in total. The van der Waals surface area contributed by atoms with Gasteiger partial charge in [-0.2, -0.15) is 0 Å². The summed E-state index contributed by atoms with van der Waals surface area (Å²) in [6.45, 7) is 6.37. The van der Waals surface area contributed by atoms with Crippen LogP contribution in [0.5, 0.6) is 0 Å². The van der Waals surface area contributed by atoms with Crippen LogP contribution in [0.2, 0.25) is 0 Å². The lowest BCUT2D eigenvalue weighted by molar-refractivity contribution is 0.0778. The minimum absolute atomic E-state index is 0.0234. The van der Waals surface area contributed by atoms with Crippen molar-refractivity contribution in [1.29, 1.82) is 0 Å². The van der Waals surface area contributed by atoms with Crippen molar-refractivity contribution >= 4 is 22.5 Å². The second kappa shape index (κ2) is 7.93. The van der Waals surface area contributed by atoms with Crippen LogP contribution in [-0.4, -0.2) is 16.2 Å². The van der Waals surface area contributed by atoms with Gasteiger partial charge in [0.25, 0.3) is 5.56 Å². The molecule has 1 aromatic heterocycles. The molecule has 6 heteroatoms. The van der Waals surface area contributed by atoms with Crippen molar-refractivity contribution in [2.45, 2.75) is 43.3 Å². The molecule has 0 spiro atoms. The second-order valence-electron chi connectivity index (χ2n) is 6.26. The zero-order valence-electron chi connectivity index (χ0n) is 15.1. The molecule has 2 aromatic carbocycles. The number of hydrogen-bond donors (Lipinski definition) is 1. The molecule has 0 amide bonds. The van der Waals surface area contributed by atoms with E-state index in [1.54, 1.807) is 0 Å². The number of nitrogens with zero attached hydrogens (tertiary/aromatic N) is 1. The molecule has 0 bridgehead atoms. The summed E-state index contributed by atoms with van der Waals surface area (Å²) >= 11 is 1.44. The molecule has 1 N–H and O–H groups in total. The van der Waals surface area contributed by atoms with E-state index in [1.165, 1.54) is 16.3 Å².